The van der Waals surface area contributed by atoms with Crippen molar-refractivity contribution in [3.05, 3.63) is 64.4 Å². The Morgan fingerprint density at radius 3 is 2.78 bits per heavy atom. The van der Waals surface area contributed by atoms with Crippen molar-refractivity contribution in [3.8, 4) is 5.75 Å². The van der Waals surface area contributed by atoms with E-state index >= 15 is 0 Å². The van der Waals surface area contributed by atoms with E-state index in [-0.39, 0.29) is 5.56 Å². The number of carbonyl (C=O) groups is 1. The second-order valence-electron chi connectivity index (χ2n) is 4.93. The molecule has 6 heteroatoms. The highest BCUT2D eigenvalue weighted by atomic mass is 35.5. The van der Waals surface area contributed by atoms with E-state index in [2.05, 4.69) is 10.5 Å². The standard InChI is InChI=1S/C17H16ClFN2O2/c1-11-9-14(18)7-8-16(11)23-12(2)17(22)21-20-10-13-5-3-4-6-15(13)19/h3-10,12H,1-2H3,(H,21,22)/b20-10-/t12-/m1/s1. The van der Waals surface area contributed by atoms with E-state index in [0.717, 1.165) is 5.56 Å². The van der Waals surface area contributed by atoms with Crippen LogP contribution in [0.3, 0.4) is 0 Å². The van der Waals surface area contributed by atoms with Crippen LogP contribution in [0.2, 0.25) is 5.02 Å². The van der Waals surface area contributed by atoms with Gasteiger partial charge in [0.25, 0.3) is 5.91 Å². The maximum absolute atomic E-state index is 13.4. The number of nitrogens with one attached hydrogen (secondary N) is 1. The van der Waals surface area contributed by atoms with Gasteiger partial charge in [-0.25, -0.2) is 9.82 Å². The van der Waals surface area contributed by atoms with Crippen LogP contribution in [0.25, 0.3) is 0 Å². The van der Waals surface area contributed by atoms with Gasteiger partial charge < -0.3 is 4.74 Å². The first kappa shape index (κ1) is 17.0. The molecule has 0 radical (unpaired) electrons. The third-order valence-corrected chi connectivity index (χ3v) is 3.33. The minimum Gasteiger partial charge on any atom is -0.481 e. The van der Waals surface area contributed by atoms with Gasteiger partial charge in [0, 0.05) is 10.6 Å². The Hall–Kier alpha value is -2.40. The number of carbonyl (C=O) groups excluding carboxylic acids is 1. The molecule has 0 saturated carbocycles. The Labute approximate surface area is 138 Å². The third kappa shape index (κ3) is 4.79. The Morgan fingerprint density at radius 1 is 1.35 bits per heavy atom. The molecule has 1 atom stereocenters. The van der Waals surface area contributed by atoms with Gasteiger partial charge in [-0.05, 0) is 43.7 Å². The molecule has 2 aromatic carbocycles. The number of aryl methyl sites for hydroxylation is 1. The average Bonchev–Trinajstić information content (AvgIpc) is 2.51. The van der Waals surface area contributed by atoms with E-state index in [0.29, 0.717) is 10.8 Å². The van der Waals surface area contributed by atoms with Crippen LogP contribution in [0, 0.1) is 12.7 Å². The van der Waals surface area contributed by atoms with E-state index in [4.69, 9.17) is 16.3 Å². The van der Waals surface area contributed by atoms with Gasteiger partial charge in [0.1, 0.15) is 11.6 Å². The number of halogens is 2. The first-order chi connectivity index (χ1) is 11.0. The summed E-state index contributed by atoms with van der Waals surface area (Å²) < 4.78 is 19.0. The zero-order chi connectivity index (χ0) is 16.8. The smallest absolute Gasteiger partial charge is 0.280 e. The summed E-state index contributed by atoms with van der Waals surface area (Å²) in [5.41, 5.74) is 3.43. The molecule has 2 aromatic rings. The molecule has 0 aliphatic rings. The van der Waals surface area contributed by atoms with E-state index in [1.807, 2.05) is 6.92 Å². The third-order valence-electron chi connectivity index (χ3n) is 3.09. The summed E-state index contributed by atoms with van der Waals surface area (Å²) in [6, 6.07) is 11.3. The monoisotopic (exact) mass is 334 g/mol. The largest absolute Gasteiger partial charge is 0.481 e. The first-order valence-corrected chi connectivity index (χ1v) is 7.35. The van der Waals surface area contributed by atoms with Crippen LogP contribution in [-0.4, -0.2) is 18.2 Å². The fourth-order valence-corrected chi connectivity index (χ4v) is 2.05. The molecule has 0 fully saturated rings. The molecule has 0 unspecified atom stereocenters. The Morgan fingerprint density at radius 2 is 2.09 bits per heavy atom. The predicted octanol–water partition coefficient (Wildman–Crippen LogP) is 3.71. The van der Waals surface area contributed by atoms with E-state index in [1.54, 1.807) is 43.3 Å². The summed E-state index contributed by atoms with van der Waals surface area (Å²) in [5.74, 6) is -0.284. The van der Waals surface area contributed by atoms with Crippen LogP contribution in [-0.2, 0) is 4.79 Å². The van der Waals surface area contributed by atoms with Crippen molar-refractivity contribution >= 4 is 23.7 Å². The van der Waals surface area contributed by atoms with Crippen LogP contribution >= 0.6 is 11.6 Å². The van der Waals surface area contributed by atoms with Crippen molar-refractivity contribution in [2.75, 3.05) is 0 Å². The lowest BCUT2D eigenvalue weighted by atomic mass is 10.2. The van der Waals surface area contributed by atoms with Crippen LogP contribution in [0.15, 0.2) is 47.6 Å². The second kappa shape index (κ2) is 7.74. The Balaban J connectivity index is 1.94. The Bertz CT molecular complexity index is 734. The van der Waals surface area contributed by atoms with Gasteiger partial charge in [-0.3, -0.25) is 4.79 Å². The van der Waals surface area contributed by atoms with Crippen LogP contribution in [0.4, 0.5) is 4.39 Å². The van der Waals surface area contributed by atoms with Gasteiger partial charge >= 0.3 is 0 Å². The number of nitrogens with zero attached hydrogens (tertiary/aromatic N) is 1. The molecule has 0 spiro atoms. The van der Waals surface area contributed by atoms with Gasteiger partial charge in [0.05, 0.1) is 6.21 Å². The molecule has 120 valence electrons. The highest BCUT2D eigenvalue weighted by Gasteiger charge is 2.15. The zero-order valence-corrected chi connectivity index (χ0v) is 13.5. The first-order valence-electron chi connectivity index (χ1n) is 6.97. The van der Waals surface area contributed by atoms with E-state index < -0.39 is 17.8 Å². The molecule has 0 heterocycles. The van der Waals surface area contributed by atoms with Gasteiger partial charge in [-0.2, -0.15) is 5.10 Å². The number of amides is 1. The number of benzene rings is 2. The molecule has 4 nitrogen and oxygen atoms in total. The summed E-state index contributed by atoms with van der Waals surface area (Å²) in [4.78, 5) is 11.9. The Kier molecular flexibility index (Phi) is 5.71. The second-order valence-corrected chi connectivity index (χ2v) is 5.36. The number of hydrogen-bond donors (Lipinski definition) is 1. The fraction of sp³-hybridized carbons (Fsp3) is 0.176. The molecule has 2 rings (SSSR count). The normalized spacial score (nSPS) is 12.2. The predicted molar refractivity (Wildman–Crippen MR) is 88.4 cm³/mol. The molecule has 0 saturated heterocycles. The summed E-state index contributed by atoms with van der Waals surface area (Å²) in [7, 11) is 0. The molecule has 0 aliphatic carbocycles. The number of ether oxygens (including phenoxy) is 1. The zero-order valence-electron chi connectivity index (χ0n) is 12.7. The average molecular weight is 335 g/mol. The molecule has 1 N–H and O–H groups in total. The van der Waals surface area contributed by atoms with Crippen molar-refractivity contribution in [1.29, 1.82) is 0 Å². The fourth-order valence-electron chi connectivity index (χ4n) is 1.83. The molecule has 0 bridgehead atoms. The van der Waals surface area contributed by atoms with Gasteiger partial charge in [-0.15, -0.1) is 0 Å². The SMILES string of the molecule is Cc1cc(Cl)ccc1O[C@H](C)C(=O)N/N=C\c1ccccc1F. The van der Waals surface area contributed by atoms with E-state index in [9.17, 15) is 9.18 Å². The number of rotatable bonds is 5. The molecular formula is C17H16ClFN2O2. The topological polar surface area (TPSA) is 50.7 Å². The maximum atomic E-state index is 13.4. The number of hydrazone groups is 1. The van der Waals surface area contributed by atoms with Crippen molar-refractivity contribution in [2.45, 2.75) is 20.0 Å². The van der Waals surface area contributed by atoms with Gasteiger partial charge in [0.2, 0.25) is 0 Å². The molecule has 1 amide bonds. The van der Waals surface area contributed by atoms with Gasteiger partial charge in [0.15, 0.2) is 6.10 Å². The van der Waals surface area contributed by atoms with Crippen molar-refractivity contribution in [1.82, 2.24) is 5.43 Å². The highest BCUT2D eigenvalue weighted by molar-refractivity contribution is 6.30. The summed E-state index contributed by atoms with van der Waals surface area (Å²) in [6.45, 7) is 3.43. The van der Waals surface area contributed by atoms with Gasteiger partial charge in [-0.1, -0.05) is 29.8 Å². The summed E-state index contributed by atoms with van der Waals surface area (Å²) >= 11 is 5.87. The quantitative estimate of drug-likeness (QED) is 0.669. The lowest BCUT2D eigenvalue weighted by Gasteiger charge is -2.14. The lowest BCUT2D eigenvalue weighted by molar-refractivity contribution is -0.127. The maximum Gasteiger partial charge on any atom is 0.280 e. The molecule has 23 heavy (non-hydrogen) atoms. The summed E-state index contributed by atoms with van der Waals surface area (Å²) in [5, 5.41) is 4.33. The van der Waals surface area contributed by atoms with Crippen LogP contribution < -0.4 is 10.2 Å². The lowest BCUT2D eigenvalue weighted by Crippen LogP contribution is -2.33. The molecule has 0 aromatic heterocycles. The molecular weight excluding hydrogens is 319 g/mol. The van der Waals surface area contributed by atoms with Crippen LogP contribution in [0.5, 0.6) is 5.75 Å². The van der Waals surface area contributed by atoms with Crippen molar-refractivity contribution < 1.29 is 13.9 Å². The van der Waals surface area contributed by atoms with Crippen molar-refractivity contribution in [2.24, 2.45) is 5.10 Å². The highest BCUT2D eigenvalue weighted by Crippen LogP contribution is 2.22. The van der Waals surface area contributed by atoms with Crippen LogP contribution in [0.1, 0.15) is 18.1 Å². The molecule has 0 aliphatic heterocycles. The minimum absolute atomic E-state index is 0.287. The number of hydrogen-bond acceptors (Lipinski definition) is 3. The summed E-state index contributed by atoms with van der Waals surface area (Å²) in [6.07, 6.45) is 0.487. The minimum atomic E-state index is -0.757. The van der Waals surface area contributed by atoms with E-state index in [1.165, 1.54) is 12.3 Å². The van der Waals surface area contributed by atoms with Crippen molar-refractivity contribution in [3.63, 3.8) is 0 Å².